The van der Waals surface area contributed by atoms with Gasteiger partial charge in [-0.1, -0.05) is 12.1 Å². The molecule has 0 amide bonds. The van der Waals surface area contributed by atoms with E-state index in [-0.39, 0.29) is 5.63 Å². The molecule has 4 aromatic rings. The van der Waals surface area contributed by atoms with Gasteiger partial charge < -0.3 is 18.6 Å². The molecule has 1 aromatic heterocycles. The van der Waals surface area contributed by atoms with Crippen molar-refractivity contribution in [2.24, 2.45) is 0 Å². The number of rotatable bonds is 4. The fourth-order valence-electron chi connectivity index (χ4n) is 3.95. The second kappa shape index (κ2) is 7.39. The van der Waals surface area contributed by atoms with Crippen LogP contribution in [0.25, 0.3) is 21.7 Å². The Kier molecular flexibility index (Phi) is 4.56. The van der Waals surface area contributed by atoms with Crippen LogP contribution in [-0.4, -0.2) is 25.9 Å². The van der Waals surface area contributed by atoms with Gasteiger partial charge >= 0.3 is 5.63 Å². The van der Waals surface area contributed by atoms with Crippen molar-refractivity contribution in [1.29, 1.82) is 0 Å². The van der Waals surface area contributed by atoms with E-state index in [1.807, 2.05) is 48.5 Å². The van der Waals surface area contributed by atoms with E-state index in [1.54, 1.807) is 20.3 Å². The van der Waals surface area contributed by atoms with Gasteiger partial charge in [0.25, 0.3) is 0 Å². The number of hydrogen-bond acceptors (Lipinski definition) is 6. The Labute approximate surface area is 173 Å². The Morgan fingerprint density at radius 1 is 0.900 bits per heavy atom. The largest absolute Gasteiger partial charge is 0.497 e. The zero-order valence-electron chi connectivity index (χ0n) is 16.8. The van der Waals surface area contributed by atoms with Gasteiger partial charge in [0.2, 0.25) is 0 Å². The third-order valence-electron chi connectivity index (χ3n) is 5.50. The van der Waals surface area contributed by atoms with Gasteiger partial charge in [-0.25, -0.2) is 4.79 Å². The molecule has 0 radical (unpaired) electrons. The molecule has 0 N–H and O–H groups in total. The van der Waals surface area contributed by atoms with Crippen LogP contribution in [-0.2, 0) is 13.1 Å². The minimum Gasteiger partial charge on any atom is -0.497 e. The van der Waals surface area contributed by atoms with E-state index in [2.05, 4.69) is 4.90 Å². The molecule has 1 aliphatic rings. The molecule has 1 aliphatic heterocycles. The summed E-state index contributed by atoms with van der Waals surface area (Å²) in [4.78, 5) is 14.9. The second-order valence-corrected chi connectivity index (χ2v) is 7.33. The normalized spacial score (nSPS) is 13.8. The maximum absolute atomic E-state index is 12.7. The topological polar surface area (TPSA) is 61.1 Å². The van der Waals surface area contributed by atoms with Crippen molar-refractivity contribution >= 4 is 21.7 Å². The quantitative estimate of drug-likeness (QED) is 0.374. The summed E-state index contributed by atoms with van der Waals surface area (Å²) < 4.78 is 22.2. The van der Waals surface area contributed by atoms with E-state index in [0.29, 0.717) is 30.0 Å². The van der Waals surface area contributed by atoms with Crippen molar-refractivity contribution < 1.29 is 18.6 Å². The smallest absolute Gasteiger partial charge is 0.344 e. The molecule has 0 fully saturated rings. The number of methoxy groups -OCH3 is 2. The van der Waals surface area contributed by atoms with E-state index in [4.69, 9.17) is 18.6 Å². The fraction of sp³-hybridized carbons (Fsp3) is 0.208. The third kappa shape index (κ3) is 3.15. The van der Waals surface area contributed by atoms with E-state index in [9.17, 15) is 4.79 Å². The molecule has 0 saturated heterocycles. The number of ether oxygens (including phenoxy) is 3. The molecule has 6 nitrogen and oxygen atoms in total. The van der Waals surface area contributed by atoms with Gasteiger partial charge in [-0.05, 0) is 48.0 Å². The van der Waals surface area contributed by atoms with Crippen LogP contribution in [0.5, 0.6) is 17.2 Å². The SMILES string of the molecule is COc1ccc(CN2COc3ccc4c(oc(=O)c5cc(OC)ccc54)c3C2)cc1. The molecule has 0 aliphatic carbocycles. The Morgan fingerprint density at radius 2 is 1.63 bits per heavy atom. The van der Waals surface area contributed by atoms with Gasteiger partial charge in [-0.15, -0.1) is 0 Å². The number of fused-ring (bicyclic) bond motifs is 5. The predicted octanol–water partition coefficient (Wildman–Crippen LogP) is 4.32. The molecule has 0 spiro atoms. The van der Waals surface area contributed by atoms with Gasteiger partial charge in [0, 0.05) is 23.9 Å². The van der Waals surface area contributed by atoms with Gasteiger partial charge in [0.1, 0.15) is 29.6 Å². The highest BCUT2D eigenvalue weighted by Gasteiger charge is 2.23. The molecule has 0 saturated carbocycles. The Bertz CT molecular complexity index is 1290. The average Bonchev–Trinajstić information content (AvgIpc) is 2.79. The molecule has 152 valence electrons. The van der Waals surface area contributed by atoms with Crippen LogP contribution in [0.15, 0.2) is 63.8 Å². The monoisotopic (exact) mass is 403 g/mol. The summed E-state index contributed by atoms with van der Waals surface area (Å²) in [5, 5.41) is 2.24. The van der Waals surface area contributed by atoms with Crippen molar-refractivity contribution in [3.05, 3.63) is 76.1 Å². The van der Waals surface area contributed by atoms with Crippen LogP contribution in [0.1, 0.15) is 11.1 Å². The minimum absolute atomic E-state index is 0.378. The van der Waals surface area contributed by atoms with Crippen molar-refractivity contribution in [2.45, 2.75) is 13.1 Å². The molecule has 2 heterocycles. The van der Waals surface area contributed by atoms with Gasteiger partial charge in [-0.3, -0.25) is 4.90 Å². The van der Waals surface area contributed by atoms with E-state index in [0.717, 1.165) is 39.9 Å². The van der Waals surface area contributed by atoms with E-state index < -0.39 is 0 Å². The fourth-order valence-corrected chi connectivity index (χ4v) is 3.95. The van der Waals surface area contributed by atoms with Crippen LogP contribution < -0.4 is 19.8 Å². The maximum atomic E-state index is 12.7. The van der Waals surface area contributed by atoms with Crippen molar-refractivity contribution in [3.63, 3.8) is 0 Å². The number of benzene rings is 3. The first-order chi connectivity index (χ1) is 14.7. The average molecular weight is 403 g/mol. The molecule has 0 bridgehead atoms. The standard InChI is InChI=1S/C24H21NO5/c1-27-16-5-3-15(4-6-16)12-25-13-21-22(29-14-25)10-9-19-18-8-7-17(28-2)11-20(18)24(26)30-23(19)21/h3-11H,12-14H2,1-2H3. The summed E-state index contributed by atoms with van der Waals surface area (Å²) in [6.45, 7) is 1.82. The third-order valence-corrected chi connectivity index (χ3v) is 5.50. The molecule has 6 heteroatoms. The highest BCUT2D eigenvalue weighted by molar-refractivity contribution is 6.06. The highest BCUT2D eigenvalue weighted by Crippen LogP contribution is 2.35. The first-order valence-electron chi connectivity index (χ1n) is 9.71. The summed E-state index contributed by atoms with van der Waals surface area (Å²) in [6, 6.07) is 17.3. The minimum atomic E-state index is -0.378. The maximum Gasteiger partial charge on any atom is 0.344 e. The zero-order chi connectivity index (χ0) is 20.7. The first kappa shape index (κ1) is 18.5. The van der Waals surface area contributed by atoms with Crippen molar-refractivity contribution in [1.82, 2.24) is 4.90 Å². The zero-order valence-corrected chi connectivity index (χ0v) is 16.8. The lowest BCUT2D eigenvalue weighted by molar-refractivity contribution is 0.0890. The molecule has 3 aromatic carbocycles. The van der Waals surface area contributed by atoms with Gasteiger partial charge in [-0.2, -0.15) is 0 Å². The van der Waals surface area contributed by atoms with E-state index in [1.165, 1.54) is 0 Å². The predicted molar refractivity (Wildman–Crippen MR) is 114 cm³/mol. The second-order valence-electron chi connectivity index (χ2n) is 7.33. The molecule has 5 rings (SSSR count). The lowest BCUT2D eigenvalue weighted by atomic mass is 10.0. The Morgan fingerprint density at radius 3 is 2.40 bits per heavy atom. The molecule has 30 heavy (non-hydrogen) atoms. The van der Waals surface area contributed by atoms with Crippen LogP contribution in [0.4, 0.5) is 0 Å². The number of nitrogens with zero attached hydrogens (tertiary/aromatic N) is 1. The molecular formula is C24H21NO5. The van der Waals surface area contributed by atoms with E-state index >= 15 is 0 Å². The molecule has 0 unspecified atom stereocenters. The van der Waals surface area contributed by atoms with Gasteiger partial charge in [0.05, 0.1) is 25.2 Å². The lowest BCUT2D eigenvalue weighted by Gasteiger charge is -2.29. The van der Waals surface area contributed by atoms with Crippen LogP contribution >= 0.6 is 0 Å². The van der Waals surface area contributed by atoms with Crippen LogP contribution in [0.2, 0.25) is 0 Å². The number of hydrogen-bond donors (Lipinski definition) is 0. The van der Waals surface area contributed by atoms with Crippen molar-refractivity contribution in [3.8, 4) is 17.2 Å². The van der Waals surface area contributed by atoms with Crippen LogP contribution in [0, 0.1) is 0 Å². The summed E-state index contributed by atoms with van der Waals surface area (Å²) in [5.41, 5.74) is 2.25. The van der Waals surface area contributed by atoms with Gasteiger partial charge in [0.15, 0.2) is 0 Å². The molecule has 0 atom stereocenters. The summed E-state index contributed by atoms with van der Waals surface area (Å²) in [5.74, 6) is 2.21. The molecular weight excluding hydrogens is 382 g/mol. The van der Waals surface area contributed by atoms with Crippen LogP contribution in [0.3, 0.4) is 0 Å². The Hall–Kier alpha value is -3.51. The summed E-state index contributed by atoms with van der Waals surface area (Å²) in [6.07, 6.45) is 0. The summed E-state index contributed by atoms with van der Waals surface area (Å²) in [7, 11) is 3.23. The Balaban J connectivity index is 1.54. The van der Waals surface area contributed by atoms with Crippen molar-refractivity contribution in [2.75, 3.05) is 21.0 Å². The lowest BCUT2D eigenvalue weighted by Crippen LogP contribution is -2.31. The summed E-state index contributed by atoms with van der Waals surface area (Å²) >= 11 is 0. The highest BCUT2D eigenvalue weighted by atomic mass is 16.5. The first-order valence-corrected chi connectivity index (χ1v) is 9.71.